The van der Waals surface area contributed by atoms with Crippen molar-refractivity contribution >= 4 is 39.1 Å². The first-order valence-electron chi connectivity index (χ1n) is 12.1. The minimum atomic E-state index is -0.398. The Bertz CT molecular complexity index is 1570. The number of carbonyl (C=O) groups excluding carboxylic acids is 2. The van der Waals surface area contributed by atoms with Crippen LogP contribution in [0.4, 0.5) is 5.00 Å². The van der Waals surface area contributed by atoms with Gasteiger partial charge in [-0.15, -0.1) is 11.3 Å². The number of rotatable bonds is 8. The van der Waals surface area contributed by atoms with E-state index in [2.05, 4.69) is 11.4 Å². The summed E-state index contributed by atoms with van der Waals surface area (Å²) in [6.07, 6.45) is 0. The number of benzene rings is 2. The largest absolute Gasteiger partial charge is 0.493 e. The van der Waals surface area contributed by atoms with E-state index in [1.54, 1.807) is 44.2 Å². The molecule has 8 nitrogen and oxygen atoms in total. The van der Waals surface area contributed by atoms with Crippen LogP contribution in [0.3, 0.4) is 0 Å². The highest BCUT2D eigenvalue weighted by Gasteiger charge is 2.25. The molecule has 0 saturated heterocycles. The summed E-state index contributed by atoms with van der Waals surface area (Å²) in [5.41, 5.74) is 3.22. The van der Waals surface area contributed by atoms with Gasteiger partial charge in [0.25, 0.3) is 11.8 Å². The van der Waals surface area contributed by atoms with E-state index in [0.717, 1.165) is 16.9 Å². The summed E-state index contributed by atoms with van der Waals surface area (Å²) in [7, 11) is 3.13. The molecule has 2 amide bonds. The normalized spacial score (nSPS) is 10.6. The van der Waals surface area contributed by atoms with Crippen LogP contribution in [0.15, 0.2) is 48.5 Å². The van der Waals surface area contributed by atoms with Crippen LogP contribution < -0.4 is 14.8 Å². The number of methoxy groups -OCH3 is 2. The zero-order chi connectivity index (χ0) is 27.4. The van der Waals surface area contributed by atoms with Crippen molar-refractivity contribution in [2.24, 2.45) is 0 Å². The Morgan fingerprint density at radius 1 is 1.05 bits per heavy atom. The van der Waals surface area contributed by atoms with E-state index < -0.39 is 5.91 Å². The molecule has 2 heterocycles. The fraction of sp³-hybridized carbons (Fsp3) is 0.241. The van der Waals surface area contributed by atoms with E-state index in [4.69, 9.17) is 14.5 Å². The van der Waals surface area contributed by atoms with Gasteiger partial charge in [-0.05, 0) is 56.7 Å². The summed E-state index contributed by atoms with van der Waals surface area (Å²) >= 11 is 1.12. The lowest BCUT2D eigenvalue weighted by molar-refractivity contribution is 0.0777. The Labute approximate surface area is 225 Å². The molecule has 38 heavy (non-hydrogen) atoms. The second kappa shape index (κ2) is 11.3. The Hall–Kier alpha value is -4.42. The number of hydrogen-bond acceptors (Lipinski definition) is 7. The molecule has 9 heteroatoms. The van der Waals surface area contributed by atoms with Crippen LogP contribution >= 0.6 is 11.3 Å². The van der Waals surface area contributed by atoms with E-state index >= 15 is 0 Å². The van der Waals surface area contributed by atoms with Crippen LogP contribution in [0.1, 0.15) is 45.0 Å². The highest BCUT2D eigenvalue weighted by atomic mass is 32.1. The van der Waals surface area contributed by atoms with Crippen LogP contribution in [0.5, 0.6) is 11.5 Å². The van der Waals surface area contributed by atoms with Crippen LogP contribution in [0.25, 0.3) is 22.2 Å². The van der Waals surface area contributed by atoms with Gasteiger partial charge in [0.1, 0.15) is 11.1 Å². The molecule has 0 aliphatic carbocycles. The SMILES string of the molecule is CCN(CC)C(=O)c1sc(NC(=O)c2cc(-c3ccc(OC)c(OC)c3)nc3ccccc23)c(C#N)c1C. The third-order valence-corrected chi connectivity index (χ3v) is 7.57. The topological polar surface area (TPSA) is 105 Å². The molecular formula is C29H28N4O4S. The minimum absolute atomic E-state index is 0.153. The first-order valence-corrected chi connectivity index (χ1v) is 12.9. The standard InChI is InChI=1S/C29H28N4O4S/c1-6-33(7-2)29(35)26-17(3)21(16-30)28(38-26)32-27(34)20-15-23(31-22-11-9-8-10-19(20)22)18-12-13-24(36-4)25(14-18)37-5/h8-15H,6-7H2,1-5H3,(H,32,34). The first-order chi connectivity index (χ1) is 18.4. The lowest BCUT2D eigenvalue weighted by atomic mass is 10.0. The zero-order valence-electron chi connectivity index (χ0n) is 21.9. The smallest absolute Gasteiger partial charge is 0.264 e. The molecule has 4 rings (SSSR count). The number of fused-ring (bicyclic) bond motifs is 1. The third-order valence-electron chi connectivity index (χ3n) is 6.37. The van der Waals surface area contributed by atoms with E-state index in [1.165, 1.54) is 0 Å². The van der Waals surface area contributed by atoms with Gasteiger partial charge >= 0.3 is 0 Å². The summed E-state index contributed by atoms with van der Waals surface area (Å²) in [5.74, 6) is 0.579. The van der Waals surface area contributed by atoms with Gasteiger partial charge < -0.3 is 19.7 Å². The van der Waals surface area contributed by atoms with Crippen molar-refractivity contribution in [3.8, 4) is 28.8 Å². The number of thiophene rings is 1. The molecule has 4 aromatic rings. The summed E-state index contributed by atoms with van der Waals surface area (Å²) in [6, 6.07) is 16.7. The summed E-state index contributed by atoms with van der Waals surface area (Å²) in [6.45, 7) is 6.65. The van der Waals surface area contributed by atoms with Gasteiger partial charge in [0.2, 0.25) is 0 Å². The van der Waals surface area contributed by atoms with Gasteiger partial charge in [0.05, 0.1) is 41.4 Å². The molecular weight excluding hydrogens is 500 g/mol. The van der Waals surface area contributed by atoms with Gasteiger partial charge in [0, 0.05) is 24.0 Å². The average molecular weight is 529 g/mol. The summed E-state index contributed by atoms with van der Waals surface area (Å²) in [4.78, 5) is 33.6. The molecule has 0 aliphatic heterocycles. The number of amides is 2. The maximum atomic E-state index is 13.7. The fourth-order valence-electron chi connectivity index (χ4n) is 4.27. The van der Waals surface area contributed by atoms with Crippen molar-refractivity contribution in [2.45, 2.75) is 20.8 Å². The number of nitrogens with zero attached hydrogens (tertiary/aromatic N) is 3. The Balaban J connectivity index is 1.78. The predicted octanol–water partition coefficient (Wildman–Crippen LogP) is 5.89. The quantitative estimate of drug-likeness (QED) is 0.306. The molecule has 2 aromatic heterocycles. The van der Waals surface area contributed by atoms with E-state index in [0.29, 0.717) is 62.2 Å². The lowest BCUT2D eigenvalue weighted by Crippen LogP contribution is -2.30. The number of hydrogen-bond donors (Lipinski definition) is 1. The Morgan fingerprint density at radius 3 is 2.42 bits per heavy atom. The van der Waals surface area contributed by atoms with Crippen molar-refractivity contribution in [3.05, 3.63) is 70.1 Å². The minimum Gasteiger partial charge on any atom is -0.493 e. The number of para-hydroxylation sites is 1. The molecule has 2 aromatic carbocycles. The number of aromatic nitrogens is 1. The number of nitrogens with one attached hydrogen (secondary N) is 1. The fourth-order valence-corrected chi connectivity index (χ4v) is 5.39. The van der Waals surface area contributed by atoms with Crippen molar-refractivity contribution in [2.75, 3.05) is 32.6 Å². The van der Waals surface area contributed by atoms with E-state index in [-0.39, 0.29) is 11.5 Å². The zero-order valence-corrected chi connectivity index (χ0v) is 22.7. The van der Waals surface area contributed by atoms with Crippen LogP contribution in [0, 0.1) is 18.3 Å². The third kappa shape index (κ3) is 4.91. The van der Waals surface area contributed by atoms with Crippen molar-refractivity contribution < 1.29 is 19.1 Å². The average Bonchev–Trinajstić information content (AvgIpc) is 3.26. The second-order valence-corrected chi connectivity index (χ2v) is 9.47. The molecule has 0 spiro atoms. The molecule has 0 radical (unpaired) electrons. The van der Waals surface area contributed by atoms with Crippen LogP contribution in [-0.4, -0.2) is 49.0 Å². The molecule has 194 valence electrons. The van der Waals surface area contributed by atoms with Gasteiger partial charge in [-0.25, -0.2) is 4.98 Å². The number of anilines is 1. The highest BCUT2D eigenvalue weighted by Crippen LogP contribution is 2.36. The number of nitriles is 1. The maximum Gasteiger partial charge on any atom is 0.264 e. The van der Waals surface area contributed by atoms with E-state index in [1.807, 2.05) is 44.2 Å². The second-order valence-electron chi connectivity index (χ2n) is 8.45. The molecule has 1 N–H and O–H groups in total. The molecule has 0 aliphatic rings. The number of pyridine rings is 1. The van der Waals surface area contributed by atoms with Crippen LogP contribution in [0.2, 0.25) is 0 Å². The molecule has 0 unspecified atom stereocenters. The molecule has 0 atom stereocenters. The van der Waals surface area contributed by atoms with Gasteiger partial charge in [-0.1, -0.05) is 18.2 Å². The maximum absolute atomic E-state index is 13.7. The lowest BCUT2D eigenvalue weighted by Gasteiger charge is -2.17. The van der Waals surface area contributed by atoms with E-state index in [9.17, 15) is 14.9 Å². The summed E-state index contributed by atoms with van der Waals surface area (Å²) < 4.78 is 10.8. The van der Waals surface area contributed by atoms with Gasteiger partial charge in [-0.2, -0.15) is 5.26 Å². The number of ether oxygens (including phenoxy) is 2. The van der Waals surface area contributed by atoms with Gasteiger partial charge in [0.15, 0.2) is 11.5 Å². The van der Waals surface area contributed by atoms with Crippen molar-refractivity contribution in [1.82, 2.24) is 9.88 Å². The monoisotopic (exact) mass is 528 g/mol. The van der Waals surface area contributed by atoms with Crippen molar-refractivity contribution in [1.29, 1.82) is 5.26 Å². The Morgan fingerprint density at radius 2 is 1.76 bits per heavy atom. The highest BCUT2D eigenvalue weighted by molar-refractivity contribution is 7.18. The van der Waals surface area contributed by atoms with Crippen molar-refractivity contribution in [3.63, 3.8) is 0 Å². The Kier molecular flexibility index (Phi) is 7.93. The van der Waals surface area contributed by atoms with Gasteiger partial charge in [-0.3, -0.25) is 9.59 Å². The summed E-state index contributed by atoms with van der Waals surface area (Å²) in [5, 5.41) is 13.7. The number of carbonyl (C=O) groups is 2. The molecule has 0 saturated carbocycles. The predicted molar refractivity (Wildman–Crippen MR) is 149 cm³/mol. The van der Waals surface area contributed by atoms with Crippen LogP contribution in [-0.2, 0) is 0 Å². The first kappa shape index (κ1) is 26.6. The molecule has 0 fully saturated rings. The molecule has 0 bridgehead atoms.